The quantitative estimate of drug-likeness (QED) is 0.872. The van der Waals surface area contributed by atoms with E-state index in [1.807, 2.05) is 36.4 Å². The van der Waals surface area contributed by atoms with E-state index >= 15 is 0 Å². The third-order valence-electron chi connectivity index (χ3n) is 3.49. The molecule has 0 amide bonds. The molecule has 1 N–H and O–H groups in total. The molecule has 102 valence electrons. The van der Waals surface area contributed by atoms with E-state index in [2.05, 4.69) is 43.4 Å². The van der Waals surface area contributed by atoms with Crippen LogP contribution in [0.25, 0.3) is 6.08 Å². The largest absolute Gasteiger partial charge is 0.467 e. The molecule has 0 bridgehead atoms. The predicted octanol–water partition coefficient (Wildman–Crippen LogP) is 4.65. The van der Waals surface area contributed by atoms with Crippen molar-refractivity contribution in [2.75, 3.05) is 5.32 Å². The molecule has 1 heterocycles. The summed E-state index contributed by atoms with van der Waals surface area (Å²) in [6.07, 6.45) is 4.04. The van der Waals surface area contributed by atoms with Crippen LogP contribution in [0.2, 0.25) is 0 Å². The van der Waals surface area contributed by atoms with Crippen molar-refractivity contribution in [1.29, 1.82) is 0 Å². The number of rotatable bonds is 3. The second-order valence-corrected chi connectivity index (χ2v) is 5.36. The Morgan fingerprint density at radius 2 is 1.85 bits per heavy atom. The standard InChI is InChI=1S/C18H19NO/c1-13(2)15-9-8-14-10-11-18(20-17(14)12-15)19-16-6-4-3-5-7-16/h3-13,18-19H,1-2H3. The fraction of sp³-hybridized carbons (Fsp3) is 0.222. The minimum atomic E-state index is -0.118. The molecule has 2 aromatic carbocycles. The van der Waals surface area contributed by atoms with Crippen LogP contribution in [-0.2, 0) is 0 Å². The first-order valence-corrected chi connectivity index (χ1v) is 7.03. The molecule has 0 spiro atoms. The van der Waals surface area contributed by atoms with E-state index in [0.29, 0.717) is 5.92 Å². The third-order valence-corrected chi connectivity index (χ3v) is 3.49. The summed E-state index contributed by atoms with van der Waals surface area (Å²) in [5.74, 6) is 1.46. The van der Waals surface area contributed by atoms with Crippen molar-refractivity contribution in [2.24, 2.45) is 0 Å². The van der Waals surface area contributed by atoms with Gasteiger partial charge in [-0.25, -0.2) is 0 Å². The maximum Gasteiger partial charge on any atom is 0.189 e. The summed E-state index contributed by atoms with van der Waals surface area (Å²) in [7, 11) is 0. The van der Waals surface area contributed by atoms with Crippen molar-refractivity contribution >= 4 is 11.8 Å². The van der Waals surface area contributed by atoms with Crippen molar-refractivity contribution in [3.63, 3.8) is 0 Å². The zero-order valence-corrected chi connectivity index (χ0v) is 11.8. The summed E-state index contributed by atoms with van der Waals surface area (Å²) < 4.78 is 6.03. The molecule has 3 rings (SSSR count). The molecule has 1 unspecified atom stereocenters. The van der Waals surface area contributed by atoms with Crippen LogP contribution in [0.1, 0.15) is 30.9 Å². The number of hydrogen-bond acceptors (Lipinski definition) is 2. The number of nitrogens with one attached hydrogen (secondary N) is 1. The lowest BCUT2D eigenvalue weighted by molar-refractivity contribution is 0.273. The van der Waals surface area contributed by atoms with Crippen LogP contribution in [0, 0.1) is 0 Å². The van der Waals surface area contributed by atoms with Gasteiger partial charge in [0.1, 0.15) is 5.75 Å². The second-order valence-electron chi connectivity index (χ2n) is 5.36. The van der Waals surface area contributed by atoms with Gasteiger partial charge in [-0.3, -0.25) is 0 Å². The first-order chi connectivity index (χ1) is 9.72. The van der Waals surface area contributed by atoms with Gasteiger partial charge in [-0.2, -0.15) is 0 Å². The van der Waals surface area contributed by atoms with Gasteiger partial charge in [0.05, 0.1) is 0 Å². The van der Waals surface area contributed by atoms with Gasteiger partial charge < -0.3 is 10.1 Å². The van der Waals surface area contributed by atoms with Gasteiger partial charge in [0.2, 0.25) is 0 Å². The third kappa shape index (κ3) is 2.69. The molecule has 0 fully saturated rings. The number of hydrogen-bond donors (Lipinski definition) is 1. The molecule has 1 aliphatic rings. The molecule has 1 aliphatic heterocycles. The molecule has 2 nitrogen and oxygen atoms in total. The lowest BCUT2D eigenvalue weighted by Crippen LogP contribution is -2.26. The monoisotopic (exact) mass is 265 g/mol. The Morgan fingerprint density at radius 1 is 1.05 bits per heavy atom. The van der Waals surface area contributed by atoms with Crippen LogP contribution in [0.4, 0.5) is 5.69 Å². The fourth-order valence-corrected chi connectivity index (χ4v) is 2.29. The average molecular weight is 265 g/mol. The van der Waals surface area contributed by atoms with Gasteiger partial charge >= 0.3 is 0 Å². The minimum absolute atomic E-state index is 0.118. The normalized spacial score (nSPS) is 16.6. The van der Waals surface area contributed by atoms with E-state index in [-0.39, 0.29) is 6.23 Å². The van der Waals surface area contributed by atoms with Crippen molar-refractivity contribution in [1.82, 2.24) is 0 Å². The molecule has 2 aromatic rings. The Bertz CT molecular complexity index is 617. The SMILES string of the molecule is CC(C)c1ccc2c(c1)OC(Nc1ccccc1)C=C2. The second kappa shape index (κ2) is 5.41. The first kappa shape index (κ1) is 12.8. The summed E-state index contributed by atoms with van der Waals surface area (Å²) in [6, 6.07) is 16.5. The van der Waals surface area contributed by atoms with E-state index in [9.17, 15) is 0 Å². The highest BCUT2D eigenvalue weighted by molar-refractivity contribution is 5.62. The summed E-state index contributed by atoms with van der Waals surface area (Å²) in [6.45, 7) is 4.39. The maximum atomic E-state index is 6.03. The number of fused-ring (bicyclic) bond motifs is 1. The van der Waals surface area contributed by atoms with Crippen molar-refractivity contribution in [2.45, 2.75) is 26.0 Å². The highest BCUT2D eigenvalue weighted by Gasteiger charge is 2.15. The van der Waals surface area contributed by atoms with Gasteiger partial charge in [-0.15, -0.1) is 0 Å². The maximum absolute atomic E-state index is 6.03. The molecule has 0 aromatic heterocycles. The number of ether oxygens (including phenoxy) is 1. The zero-order chi connectivity index (χ0) is 13.9. The Labute approximate surface area is 120 Å². The Kier molecular flexibility index (Phi) is 3.46. The van der Waals surface area contributed by atoms with E-state index in [4.69, 9.17) is 4.74 Å². The first-order valence-electron chi connectivity index (χ1n) is 7.03. The van der Waals surface area contributed by atoms with Gasteiger partial charge in [0, 0.05) is 11.3 Å². The number of anilines is 1. The topological polar surface area (TPSA) is 21.3 Å². The summed E-state index contributed by atoms with van der Waals surface area (Å²) >= 11 is 0. The van der Waals surface area contributed by atoms with Crippen molar-refractivity contribution < 1.29 is 4.74 Å². The molecule has 2 heteroatoms. The fourth-order valence-electron chi connectivity index (χ4n) is 2.29. The van der Waals surface area contributed by atoms with Crippen LogP contribution < -0.4 is 10.1 Å². The molecule has 0 saturated heterocycles. The molecular formula is C18H19NO. The zero-order valence-electron chi connectivity index (χ0n) is 11.8. The van der Waals surface area contributed by atoms with Gasteiger partial charge in [0.25, 0.3) is 0 Å². The smallest absolute Gasteiger partial charge is 0.189 e. The Balaban J connectivity index is 1.79. The predicted molar refractivity (Wildman–Crippen MR) is 84.0 cm³/mol. The van der Waals surface area contributed by atoms with Crippen molar-refractivity contribution in [3.05, 3.63) is 65.7 Å². The molecule has 0 aliphatic carbocycles. The average Bonchev–Trinajstić information content (AvgIpc) is 2.47. The number of para-hydroxylation sites is 1. The van der Waals surface area contributed by atoms with Crippen LogP contribution >= 0.6 is 0 Å². The summed E-state index contributed by atoms with van der Waals surface area (Å²) in [5.41, 5.74) is 3.50. The van der Waals surface area contributed by atoms with Gasteiger partial charge in [-0.05, 0) is 41.8 Å². The Morgan fingerprint density at radius 3 is 2.60 bits per heavy atom. The van der Waals surface area contributed by atoms with E-state index in [1.54, 1.807) is 0 Å². The van der Waals surface area contributed by atoms with E-state index in [1.165, 1.54) is 5.56 Å². The summed E-state index contributed by atoms with van der Waals surface area (Å²) in [4.78, 5) is 0. The number of benzene rings is 2. The molecule has 20 heavy (non-hydrogen) atoms. The van der Waals surface area contributed by atoms with Crippen LogP contribution in [0.5, 0.6) is 5.75 Å². The summed E-state index contributed by atoms with van der Waals surface area (Å²) in [5, 5.41) is 3.36. The van der Waals surface area contributed by atoms with Crippen LogP contribution in [-0.4, -0.2) is 6.23 Å². The van der Waals surface area contributed by atoms with Gasteiger partial charge in [0.15, 0.2) is 6.23 Å². The van der Waals surface area contributed by atoms with Crippen LogP contribution in [0.3, 0.4) is 0 Å². The highest BCUT2D eigenvalue weighted by atomic mass is 16.5. The lowest BCUT2D eigenvalue weighted by atomic mass is 10.00. The minimum Gasteiger partial charge on any atom is -0.467 e. The van der Waals surface area contributed by atoms with Crippen LogP contribution in [0.15, 0.2) is 54.6 Å². The molecule has 1 atom stereocenters. The molecular weight excluding hydrogens is 246 g/mol. The van der Waals surface area contributed by atoms with E-state index in [0.717, 1.165) is 17.0 Å². The molecule has 0 saturated carbocycles. The highest BCUT2D eigenvalue weighted by Crippen LogP contribution is 2.30. The molecule has 0 radical (unpaired) electrons. The Hall–Kier alpha value is -2.22. The van der Waals surface area contributed by atoms with Crippen molar-refractivity contribution in [3.8, 4) is 5.75 Å². The lowest BCUT2D eigenvalue weighted by Gasteiger charge is -2.24. The van der Waals surface area contributed by atoms with E-state index < -0.39 is 0 Å². The van der Waals surface area contributed by atoms with Gasteiger partial charge in [-0.1, -0.05) is 44.2 Å².